The maximum absolute atomic E-state index is 12.5. The highest BCUT2D eigenvalue weighted by Gasteiger charge is 2.46. The van der Waals surface area contributed by atoms with Crippen LogP contribution >= 0.6 is 0 Å². The number of rotatable bonds is 4. The average molecular weight is 315 g/mol. The molecule has 1 heterocycles. The number of hydrogen-bond acceptors (Lipinski definition) is 2. The molecule has 4 nitrogen and oxygen atoms in total. The number of aliphatic carboxylic acids is 1. The molecule has 1 amide bonds. The van der Waals surface area contributed by atoms with E-state index >= 15 is 0 Å². The molecule has 1 aromatic rings. The van der Waals surface area contributed by atoms with Gasteiger partial charge in [-0.25, -0.2) is 0 Å². The lowest BCUT2D eigenvalue weighted by molar-refractivity contribution is -0.159. The molecule has 1 aliphatic heterocycles. The maximum Gasteiger partial charge on any atom is 0.310 e. The first-order chi connectivity index (χ1) is 11.0. The van der Waals surface area contributed by atoms with Crippen LogP contribution in [0.15, 0.2) is 24.3 Å². The molecular formula is C19H25NO3. The number of likely N-dealkylation sites (tertiary alicyclic amines) is 1. The number of piperidine rings is 1. The second-order valence-electron chi connectivity index (χ2n) is 7.13. The summed E-state index contributed by atoms with van der Waals surface area (Å²) < 4.78 is 0. The van der Waals surface area contributed by atoms with Gasteiger partial charge in [-0.05, 0) is 49.7 Å². The standard InChI is InChI=1S/C19H25NO3/c1-14-5-2-3-6-16(14)15-7-11-20(12-8-15)17(21)13-19(18(22)23)9-4-10-19/h2-3,5-6,15H,4,7-13H2,1H3,(H,22,23). The summed E-state index contributed by atoms with van der Waals surface area (Å²) in [7, 11) is 0. The summed E-state index contributed by atoms with van der Waals surface area (Å²) >= 11 is 0. The Balaban J connectivity index is 1.58. The molecule has 1 aromatic carbocycles. The van der Waals surface area contributed by atoms with Gasteiger partial charge in [-0.1, -0.05) is 30.7 Å². The number of nitrogens with zero attached hydrogens (tertiary/aromatic N) is 1. The van der Waals surface area contributed by atoms with E-state index in [4.69, 9.17) is 0 Å². The van der Waals surface area contributed by atoms with Crippen LogP contribution in [0.2, 0.25) is 0 Å². The van der Waals surface area contributed by atoms with Crippen molar-refractivity contribution >= 4 is 11.9 Å². The van der Waals surface area contributed by atoms with Crippen molar-refractivity contribution in [1.29, 1.82) is 0 Å². The van der Waals surface area contributed by atoms with Gasteiger partial charge in [0.15, 0.2) is 0 Å². The molecule has 3 rings (SSSR count). The lowest BCUT2D eigenvalue weighted by Gasteiger charge is -2.40. The summed E-state index contributed by atoms with van der Waals surface area (Å²) in [5, 5.41) is 9.38. The molecule has 1 saturated carbocycles. The average Bonchev–Trinajstić information content (AvgIpc) is 2.51. The van der Waals surface area contributed by atoms with Crippen LogP contribution in [0.1, 0.15) is 55.6 Å². The lowest BCUT2D eigenvalue weighted by atomic mass is 9.66. The lowest BCUT2D eigenvalue weighted by Crippen LogP contribution is -2.45. The van der Waals surface area contributed by atoms with Gasteiger partial charge in [0.1, 0.15) is 0 Å². The van der Waals surface area contributed by atoms with E-state index in [-0.39, 0.29) is 12.3 Å². The maximum atomic E-state index is 12.5. The molecule has 0 spiro atoms. The molecule has 0 aromatic heterocycles. The fourth-order valence-electron chi connectivity index (χ4n) is 3.96. The summed E-state index contributed by atoms with van der Waals surface area (Å²) in [6.45, 7) is 3.63. The number of amides is 1. The molecule has 1 N–H and O–H groups in total. The zero-order valence-electron chi connectivity index (χ0n) is 13.8. The molecule has 2 fully saturated rings. The molecule has 4 heteroatoms. The molecule has 23 heavy (non-hydrogen) atoms. The van der Waals surface area contributed by atoms with Crippen LogP contribution < -0.4 is 0 Å². The summed E-state index contributed by atoms with van der Waals surface area (Å²) in [6.07, 6.45) is 4.33. The first kappa shape index (κ1) is 16.0. The van der Waals surface area contributed by atoms with Crippen LogP contribution in [0.4, 0.5) is 0 Å². The van der Waals surface area contributed by atoms with Gasteiger partial charge in [0.25, 0.3) is 0 Å². The summed E-state index contributed by atoms with van der Waals surface area (Å²) in [5.41, 5.74) is 1.93. The number of hydrogen-bond donors (Lipinski definition) is 1. The Morgan fingerprint density at radius 2 is 1.87 bits per heavy atom. The van der Waals surface area contributed by atoms with Crippen LogP contribution in [0.5, 0.6) is 0 Å². The van der Waals surface area contributed by atoms with E-state index in [1.165, 1.54) is 11.1 Å². The largest absolute Gasteiger partial charge is 0.481 e. The van der Waals surface area contributed by atoms with Gasteiger partial charge in [-0.15, -0.1) is 0 Å². The van der Waals surface area contributed by atoms with Gasteiger partial charge in [-0.3, -0.25) is 9.59 Å². The molecule has 124 valence electrons. The Hall–Kier alpha value is -1.84. The zero-order chi connectivity index (χ0) is 16.4. The number of carbonyl (C=O) groups is 2. The summed E-state index contributed by atoms with van der Waals surface area (Å²) in [4.78, 5) is 25.8. The molecule has 1 saturated heterocycles. The Kier molecular flexibility index (Phi) is 4.42. The number of aryl methyl sites for hydroxylation is 1. The molecular weight excluding hydrogens is 290 g/mol. The monoisotopic (exact) mass is 315 g/mol. The van der Waals surface area contributed by atoms with Crippen LogP contribution in [0, 0.1) is 12.3 Å². The quantitative estimate of drug-likeness (QED) is 0.927. The zero-order valence-corrected chi connectivity index (χ0v) is 13.8. The van der Waals surface area contributed by atoms with Gasteiger partial charge in [0.05, 0.1) is 5.41 Å². The van der Waals surface area contributed by atoms with Gasteiger partial charge in [0, 0.05) is 19.5 Å². The van der Waals surface area contributed by atoms with E-state index in [0.717, 1.165) is 32.4 Å². The third-order valence-corrected chi connectivity index (χ3v) is 5.73. The first-order valence-electron chi connectivity index (χ1n) is 8.58. The first-order valence-corrected chi connectivity index (χ1v) is 8.58. The van der Waals surface area contributed by atoms with Crippen molar-refractivity contribution < 1.29 is 14.7 Å². The topological polar surface area (TPSA) is 57.6 Å². The van der Waals surface area contributed by atoms with E-state index in [9.17, 15) is 14.7 Å². The minimum atomic E-state index is -0.799. The molecule has 0 radical (unpaired) electrons. The van der Waals surface area contributed by atoms with Gasteiger partial charge in [0.2, 0.25) is 5.91 Å². The van der Waals surface area contributed by atoms with Crippen LogP contribution in [-0.4, -0.2) is 35.0 Å². The van der Waals surface area contributed by atoms with Gasteiger partial charge < -0.3 is 10.0 Å². The van der Waals surface area contributed by atoms with Crippen molar-refractivity contribution in [2.45, 2.75) is 51.4 Å². The number of carbonyl (C=O) groups excluding carboxylic acids is 1. The van der Waals surface area contributed by atoms with Crippen molar-refractivity contribution in [3.05, 3.63) is 35.4 Å². The molecule has 0 bridgehead atoms. The van der Waals surface area contributed by atoms with Crippen molar-refractivity contribution in [3.63, 3.8) is 0 Å². The van der Waals surface area contributed by atoms with E-state index in [2.05, 4.69) is 31.2 Å². The molecule has 0 atom stereocenters. The number of carboxylic acids is 1. The SMILES string of the molecule is Cc1ccccc1C1CCN(C(=O)CC2(C(=O)O)CCC2)CC1. The third kappa shape index (κ3) is 3.12. The Morgan fingerprint density at radius 1 is 1.22 bits per heavy atom. The van der Waals surface area contributed by atoms with E-state index in [1.54, 1.807) is 0 Å². The van der Waals surface area contributed by atoms with Gasteiger partial charge >= 0.3 is 5.97 Å². The highest BCUT2D eigenvalue weighted by atomic mass is 16.4. The van der Waals surface area contributed by atoms with Gasteiger partial charge in [-0.2, -0.15) is 0 Å². The van der Waals surface area contributed by atoms with E-state index in [0.29, 0.717) is 18.8 Å². The number of carboxylic acid groups (broad SMARTS) is 1. The fourth-order valence-corrected chi connectivity index (χ4v) is 3.96. The van der Waals surface area contributed by atoms with Crippen LogP contribution in [-0.2, 0) is 9.59 Å². The minimum Gasteiger partial charge on any atom is -0.481 e. The fraction of sp³-hybridized carbons (Fsp3) is 0.579. The van der Waals surface area contributed by atoms with Crippen molar-refractivity contribution in [2.24, 2.45) is 5.41 Å². The third-order valence-electron chi connectivity index (χ3n) is 5.73. The normalized spacial score (nSPS) is 20.8. The highest BCUT2D eigenvalue weighted by Crippen LogP contribution is 2.44. The Bertz CT molecular complexity index is 598. The van der Waals surface area contributed by atoms with E-state index in [1.807, 2.05) is 4.90 Å². The highest BCUT2D eigenvalue weighted by molar-refractivity contribution is 5.85. The predicted molar refractivity (Wildman–Crippen MR) is 88.3 cm³/mol. The van der Waals surface area contributed by atoms with Crippen molar-refractivity contribution in [1.82, 2.24) is 4.90 Å². The van der Waals surface area contributed by atoms with E-state index < -0.39 is 11.4 Å². The summed E-state index contributed by atoms with van der Waals surface area (Å²) in [6, 6.07) is 8.46. The molecule has 1 aliphatic carbocycles. The molecule has 0 unspecified atom stereocenters. The van der Waals surface area contributed by atoms with Crippen LogP contribution in [0.25, 0.3) is 0 Å². The second-order valence-corrected chi connectivity index (χ2v) is 7.13. The Labute approximate surface area is 137 Å². The van der Waals surface area contributed by atoms with Crippen LogP contribution in [0.3, 0.4) is 0 Å². The Morgan fingerprint density at radius 3 is 2.39 bits per heavy atom. The van der Waals surface area contributed by atoms with Crippen molar-refractivity contribution in [3.8, 4) is 0 Å². The predicted octanol–water partition coefficient (Wildman–Crippen LogP) is 3.35. The minimum absolute atomic E-state index is 0.0235. The number of benzene rings is 1. The second kappa shape index (κ2) is 6.34. The van der Waals surface area contributed by atoms with Crippen molar-refractivity contribution in [2.75, 3.05) is 13.1 Å². The molecule has 2 aliphatic rings. The summed E-state index contributed by atoms with van der Waals surface area (Å²) in [5.74, 6) is -0.264. The smallest absolute Gasteiger partial charge is 0.310 e.